The Hall–Kier alpha value is -1.55. The summed E-state index contributed by atoms with van der Waals surface area (Å²) in [6, 6.07) is 5.69. The van der Waals surface area contributed by atoms with Crippen LogP contribution in [0.1, 0.15) is 23.7 Å². The highest BCUT2D eigenvalue weighted by Gasteiger charge is 2.17. The smallest absolute Gasteiger partial charge is 0.257 e. The van der Waals surface area contributed by atoms with E-state index in [1.54, 1.807) is 15.6 Å². The highest BCUT2D eigenvalue weighted by Crippen LogP contribution is 2.13. The lowest BCUT2D eigenvalue weighted by Gasteiger charge is -2.19. The molecule has 0 aliphatic rings. The molecule has 0 bridgehead atoms. The highest BCUT2D eigenvalue weighted by atomic mass is 35.5. The summed E-state index contributed by atoms with van der Waals surface area (Å²) in [6.45, 7) is 3.33. The van der Waals surface area contributed by atoms with E-state index < -0.39 is 0 Å². The van der Waals surface area contributed by atoms with E-state index in [4.69, 9.17) is 11.6 Å². The fourth-order valence-electron chi connectivity index (χ4n) is 1.92. The Morgan fingerprint density at radius 3 is 3.06 bits per heavy atom. The van der Waals surface area contributed by atoms with Crippen LogP contribution in [0.15, 0.2) is 30.6 Å². The number of nitrogens with zero attached hydrogens (tertiary/aromatic N) is 3. The van der Waals surface area contributed by atoms with Crippen molar-refractivity contribution in [2.45, 2.75) is 13.3 Å². The second-order valence-electron chi connectivity index (χ2n) is 4.02. The molecule has 96 valence electrons. The molecule has 0 saturated heterocycles. The van der Waals surface area contributed by atoms with Gasteiger partial charge in [-0.2, -0.15) is 5.10 Å². The molecule has 2 aromatic rings. The molecule has 0 saturated carbocycles. The number of carbonyl (C=O) groups is 1. The van der Waals surface area contributed by atoms with Crippen LogP contribution in [0.5, 0.6) is 0 Å². The van der Waals surface area contributed by atoms with Gasteiger partial charge in [0.15, 0.2) is 0 Å². The Kier molecular flexibility index (Phi) is 4.20. The highest BCUT2D eigenvalue weighted by molar-refractivity contribution is 6.17. The number of halogens is 1. The summed E-state index contributed by atoms with van der Waals surface area (Å²) in [7, 11) is 0. The summed E-state index contributed by atoms with van der Waals surface area (Å²) in [5.41, 5.74) is 1.49. The topological polar surface area (TPSA) is 37.6 Å². The molecule has 2 aromatic heterocycles. The normalized spacial score (nSPS) is 10.8. The Balaban J connectivity index is 2.26. The van der Waals surface area contributed by atoms with Crippen LogP contribution in [-0.4, -0.2) is 39.4 Å². The molecule has 0 aliphatic heterocycles. The van der Waals surface area contributed by atoms with Crippen LogP contribution in [0.25, 0.3) is 5.52 Å². The third-order valence-electron chi connectivity index (χ3n) is 2.89. The lowest BCUT2D eigenvalue weighted by molar-refractivity contribution is 0.0767. The third kappa shape index (κ3) is 2.48. The van der Waals surface area contributed by atoms with E-state index in [1.807, 2.05) is 31.3 Å². The molecule has 1 amide bonds. The van der Waals surface area contributed by atoms with Crippen molar-refractivity contribution >= 4 is 23.0 Å². The summed E-state index contributed by atoms with van der Waals surface area (Å²) in [6.07, 6.45) is 4.27. The number of hydrogen-bond acceptors (Lipinski definition) is 2. The lowest BCUT2D eigenvalue weighted by Crippen LogP contribution is -2.31. The maximum absolute atomic E-state index is 12.4. The molecule has 0 aromatic carbocycles. The van der Waals surface area contributed by atoms with E-state index in [0.717, 1.165) is 11.9 Å². The maximum Gasteiger partial charge on any atom is 0.257 e. The monoisotopic (exact) mass is 265 g/mol. The van der Waals surface area contributed by atoms with Crippen LogP contribution in [0.3, 0.4) is 0 Å². The first-order valence-corrected chi connectivity index (χ1v) is 6.59. The van der Waals surface area contributed by atoms with Crippen LogP contribution >= 0.6 is 11.6 Å². The van der Waals surface area contributed by atoms with Gasteiger partial charge < -0.3 is 4.90 Å². The van der Waals surface area contributed by atoms with Crippen LogP contribution in [0.2, 0.25) is 0 Å². The van der Waals surface area contributed by atoms with Gasteiger partial charge in [0, 0.05) is 25.2 Å². The lowest BCUT2D eigenvalue weighted by atomic mass is 10.2. The number of amides is 1. The Morgan fingerprint density at radius 1 is 1.50 bits per heavy atom. The fraction of sp³-hybridized carbons (Fsp3) is 0.385. The first-order valence-electron chi connectivity index (χ1n) is 6.05. The number of pyridine rings is 1. The van der Waals surface area contributed by atoms with Crippen LogP contribution < -0.4 is 0 Å². The van der Waals surface area contributed by atoms with Gasteiger partial charge in [0.2, 0.25) is 0 Å². The quantitative estimate of drug-likeness (QED) is 0.779. The zero-order valence-corrected chi connectivity index (χ0v) is 11.1. The molecule has 0 atom stereocenters. The molecule has 0 radical (unpaired) electrons. The first-order chi connectivity index (χ1) is 8.77. The Bertz CT molecular complexity index is 538. The average Bonchev–Trinajstić information content (AvgIpc) is 2.83. The van der Waals surface area contributed by atoms with Gasteiger partial charge in [0.25, 0.3) is 5.91 Å². The minimum atomic E-state index is 0.0174. The fourth-order valence-corrected chi connectivity index (χ4v) is 2.04. The van der Waals surface area contributed by atoms with Crippen molar-refractivity contribution in [3.8, 4) is 0 Å². The summed E-state index contributed by atoms with van der Waals surface area (Å²) in [5.74, 6) is 0.585. The number of carbonyl (C=O) groups excluding carboxylic acids is 1. The van der Waals surface area contributed by atoms with E-state index in [2.05, 4.69) is 5.10 Å². The zero-order valence-electron chi connectivity index (χ0n) is 10.3. The number of fused-ring (bicyclic) bond motifs is 1. The van der Waals surface area contributed by atoms with Crippen molar-refractivity contribution in [1.29, 1.82) is 0 Å². The molecule has 5 heteroatoms. The van der Waals surface area contributed by atoms with Crippen LogP contribution in [0, 0.1) is 0 Å². The van der Waals surface area contributed by atoms with Gasteiger partial charge in [-0.25, -0.2) is 4.52 Å². The van der Waals surface area contributed by atoms with E-state index >= 15 is 0 Å². The second kappa shape index (κ2) is 5.87. The van der Waals surface area contributed by atoms with Crippen molar-refractivity contribution in [3.63, 3.8) is 0 Å². The molecule has 0 unspecified atom stereocenters. The SMILES string of the molecule is CCN(CCCCl)C(=O)c1cnn2ccccc12. The molecular weight excluding hydrogens is 250 g/mol. The van der Waals surface area contributed by atoms with Gasteiger partial charge in [-0.05, 0) is 25.5 Å². The summed E-state index contributed by atoms with van der Waals surface area (Å²) >= 11 is 5.67. The largest absolute Gasteiger partial charge is 0.339 e. The summed E-state index contributed by atoms with van der Waals surface area (Å²) in [4.78, 5) is 14.2. The Morgan fingerprint density at radius 2 is 2.33 bits per heavy atom. The van der Waals surface area contributed by atoms with Gasteiger partial charge in [-0.1, -0.05) is 6.07 Å². The van der Waals surface area contributed by atoms with Crippen LogP contribution in [-0.2, 0) is 0 Å². The van der Waals surface area contributed by atoms with Gasteiger partial charge in [-0.3, -0.25) is 4.79 Å². The molecule has 0 spiro atoms. The van der Waals surface area contributed by atoms with Crippen molar-refractivity contribution < 1.29 is 4.79 Å². The molecule has 18 heavy (non-hydrogen) atoms. The predicted molar refractivity (Wildman–Crippen MR) is 72.1 cm³/mol. The summed E-state index contributed by atoms with van der Waals surface area (Å²) < 4.78 is 1.71. The molecule has 0 fully saturated rings. The Labute approximate surface area is 111 Å². The second-order valence-corrected chi connectivity index (χ2v) is 4.39. The number of hydrogen-bond donors (Lipinski definition) is 0. The molecule has 0 N–H and O–H groups in total. The minimum Gasteiger partial charge on any atom is -0.339 e. The van der Waals surface area contributed by atoms with Gasteiger partial charge in [0.1, 0.15) is 0 Å². The third-order valence-corrected chi connectivity index (χ3v) is 3.15. The van der Waals surface area contributed by atoms with E-state index in [0.29, 0.717) is 24.5 Å². The van der Waals surface area contributed by atoms with Crippen LogP contribution in [0.4, 0.5) is 0 Å². The van der Waals surface area contributed by atoms with Crippen molar-refractivity contribution in [3.05, 3.63) is 36.2 Å². The van der Waals surface area contributed by atoms with Crippen molar-refractivity contribution in [1.82, 2.24) is 14.5 Å². The molecule has 0 aliphatic carbocycles. The summed E-state index contributed by atoms with van der Waals surface area (Å²) in [5, 5.41) is 4.18. The number of rotatable bonds is 5. The predicted octanol–water partition coefficient (Wildman–Crippen LogP) is 2.43. The average molecular weight is 266 g/mol. The number of alkyl halides is 1. The van der Waals surface area contributed by atoms with Gasteiger partial charge >= 0.3 is 0 Å². The molecule has 4 nitrogen and oxygen atoms in total. The van der Waals surface area contributed by atoms with E-state index in [-0.39, 0.29) is 5.91 Å². The van der Waals surface area contributed by atoms with Gasteiger partial charge in [0.05, 0.1) is 17.3 Å². The zero-order chi connectivity index (χ0) is 13.0. The van der Waals surface area contributed by atoms with Crippen molar-refractivity contribution in [2.24, 2.45) is 0 Å². The van der Waals surface area contributed by atoms with Gasteiger partial charge in [-0.15, -0.1) is 11.6 Å². The molecule has 2 heterocycles. The standard InChI is InChI=1S/C13H16ClN3O/c1-2-16(8-5-7-14)13(18)11-10-15-17-9-4-3-6-12(11)17/h3-4,6,9-10H,2,5,7-8H2,1H3. The minimum absolute atomic E-state index is 0.0174. The van der Waals surface area contributed by atoms with E-state index in [1.165, 1.54) is 0 Å². The van der Waals surface area contributed by atoms with E-state index in [9.17, 15) is 4.79 Å². The number of aromatic nitrogens is 2. The molecular formula is C13H16ClN3O. The first kappa shape index (κ1) is 12.9. The molecule has 2 rings (SSSR count). The van der Waals surface area contributed by atoms with Crippen molar-refractivity contribution in [2.75, 3.05) is 19.0 Å². The maximum atomic E-state index is 12.4.